The fraction of sp³-hybridized carbons (Fsp3) is 0.333. The number of hydrogen-bond acceptors (Lipinski definition) is 3. The molecular formula is C18H23FN4O2. The molecule has 0 aliphatic carbocycles. The molecule has 1 aromatic carbocycles. The van der Waals surface area contributed by atoms with Gasteiger partial charge in [0.25, 0.3) is 0 Å². The Morgan fingerprint density at radius 3 is 2.88 bits per heavy atom. The minimum Gasteiger partial charge on any atom is -0.395 e. The largest absolute Gasteiger partial charge is 0.395 e. The lowest BCUT2D eigenvalue weighted by Crippen LogP contribution is -2.42. The number of hydrogen-bond donors (Lipinski definition) is 2. The van der Waals surface area contributed by atoms with Gasteiger partial charge in [0.2, 0.25) is 0 Å². The molecule has 2 N–H and O–H groups in total. The van der Waals surface area contributed by atoms with Crippen LogP contribution in [0.15, 0.2) is 43.2 Å². The van der Waals surface area contributed by atoms with Crippen LogP contribution < -0.4 is 5.32 Å². The standard InChI is InChI=1S/C18H23FN4O2/c1-4-7-22(8-9-24)18(25)21-14(3)15-5-6-17(16(19)10-15)23-12-13(2)11-20-23/h4-6,10-12,14,24H,1,7-9H2,2-3H3,(H,21,25). The summed E-state index contributed by atoms with van der Waals surface area (Å²) in [5.74, 6) is -0.417. The van der Waals surface area contributed by atoms with Crippen molar-refractivity contribution in [1.82, 2.24) is 20.0 Å². The molecule has 0 fully saturated rings. The van der Waals surface area contributed by atoms with Gasteiger partial charge in [-0.2, -0.15) is 5.10 Å². The molecule has 2 rings (SSSR count). The molecule has 1 aromatic heterocycles. The number of benzene rings is 1. The van der Waals surface area contributed by atoms with Gasteiger partial charge in [-0.1, -0.05) is 12.1 Å². The number of halogens is 1. The molecule has 1 atom stereocenters. The number of aryl methyl sites for hydroxylation is 1. The summed E-state index contributed by atoms with van der Waals surface area (Å²) in [5, 5.41) is 15.9. The Bertz CT molecular complexity index is 744. The van der Waals surface area contributed by atoms with Gasteiger partial charge in [0, 0.05) is 19.3 Å². The topological polar surface area (TPSA) is 70.4 Å². The van der Waals surface area contributed by atoms with Crippen molar-refractivity contribution in [2.24, 2.45) is 0 Å². The number of carbonyl (C=O) groups is 1. The van der Waals surface area contributed by atoms with Crippen LogP contribution in [0.4, 0.5) is 9.18 Å². The smallest absolute Gasteiger partial charge is 0.318 e. The maximum absolute atomic E-state index is 14.4. The summed E-state index contributed by atoms with van der Waals surface area (Å²) in [6.07, 6.45) is 4.98. The second-order valence-corrected chi connectivity index (χ2v) is 5.80. The highest BCUT2D eigenvalue weighted by Crippen LogP contribution is 2.20. The molecule has 1 heterocycles. The number of urea groups is 1. The quantitative estimate of drug-likeness (QED) is 0.757. The lowest BCUT2D eigenvalue weighted by molar-refractivity contribution is 0.181. The normalized spacial score (nSPS) is 11.8. The lowest BCUT2D eigenvalue weighted by Gasteiger charge is -2.23. The summed E-state index contributed by atoms with van der Waals surface area (Å²) in [7, 11) is 0. The minimum absolute atomic E-state index is 0.137. The van der Waals surface area contributed by atoms with Crippen molar-refractivity contribution < 1.29 is 14.3 Å². The fourth-order valence-corrected chi connectivity index (χ4v) is 2.43. The summed E-state index contributed by atoms with van der Waals surface area (Å²) in [5.41, 5.74) is 1.93. The van der Waals surface area contributed by atoms with Crippen LogP contribution in [0.2, 0.25) is 0 Å². The highest BCUT2D eigenvalue weighted by molar-refractivity contribution is 5.74. The molecule has 0 saturated heterocycles. The zero-order chi connectivity index (χ0) is 18.4. The number of rotatable bonds is 7. The van der Waals surface area contributed by atoms with Gasteiger partial charge in [-0.25, -0.2) is 13.9 Å². The van der Waals surface area contributed by atoms with E-state index in [4.69, 9.17) is 5.11 Å². The van der Waals surface area contributed by atoms with Crippen LogP contribution in [0.3, 0.4) is 0 Å². The molecule has 2 aromatic rings. The predicted molar refractivity (Wildman–Crippen MR) is 94.1 cm³/mol. The van der Waals surface area contributed by atoms with E-state index in [1.807, 2.05) is 6.92 Å². The summed E-state index contributed by atoms with van der Waals surface area (Å²) >= 11 is 0. The first-order valence-electron chi connectivity index (χ1n) is 8.04. The van der Waals surface area contributed by atoms with Crippen molar-refractivity contribution in [3.8, 4) is 5.69 Å². The lowest BCUT2D eigenvalue weighted by atomic mass is 10.1. The van der Waals surface area contributed by atoms with Gasteiger partial charge < -0.3 is 15.3 Å². The van der Waals surface area contributed by atoms with E-state index in [-0.39, 0.29) is 25.2 Å². The molecule has 2 amide bonds. The molecule has 7 heteroatoms. The number of amides is 2. The SMILES string of the molecule is C=CCN(CCO)C(=O)NC(C)c1ccc(-n2cc(C)cn2)c(F)c1. The van der Waals surface area contributed by atoms with Gasteiger partial charge in [-0.3, -0.25) is 0 Å². The molecule has 1 unspecified atom stereocenters. The maximum atomic E-state index is 14.4. The van der Waals surface area contributed by atoms with E-state index in [1.54, 1.807) is 37.5 Å². The Morgan fingerprint density at radius 1 is 1.56 bits per heavy atom. The Morgan fingerprint density at radius 2 is 2.32 bits per heavy atom. The van der Waals surface area contributed by atoms with Crippen LogP contribution in [0.1, 0.15) is 24.1 Å². The maximum Gasteiger partial charge on any atom is 0.318 e. The van der Waals surface area contributed by atoms with E-state index in [9.17, 15) is 9.18 Å². The minimum atomic E-state index is -0.417. The van der Waals surface area contributed by atoms with Gasteiger partial charge in [0.15, 0.2) is 0 Å². The second-order valence-electron chi connectivity index (χ2n) is 5.80. The van der Waals surface area contributed by atoms with E-state index in [0.29, 0.717) is 17.8 Å². The van der Waals surface area contributed by atoms with Crippen molar-refractivity contribution in [2.75, 3.05) is 19.7 Å². The number of carbonyl (C=O) groups excluding carboxylic acids is 1. The molecule has 0 saturated carbocycles. The van der Waals surface area contributed by atoms with Crippen LogP contribution in [0, 0.1) is 12.7 Å². The molecule has 6 nitrogen and oxygen atoms in total. The van der Waals surface area contributed by atoms with Gasteiger partial charge in [0.05, 0.1) is 18.8 Å². The van der Waals surface area contributed by atoms with E-state index in [2.05, 4.69) is 17.0 Å². The average molecular weight is 346 g/mol. The van der Waals surface area contributed by atoms with Crippen LogP contribution in [0.5, 0.6) is 0 Å². The molecule has 0 aliphatic rings. The van der Waals surface area contributed by atoms with Crippen LogP contribution in [-0.2, 0) is 0 Å². The van der Waals surface area contributed by atoms with E-state index >= 15 is 0 Å². The first kappa shape index (κ1) is 18.7. The number of nitrogens with one attached hydrogen (secondary N) is 1. The third-order valence-corrected chi connectivity index (χ3v) is 3.78. The molecule has 0 bridgehead atoms. The number of nitrogens with zero attached hydrogens (tertiary/aromatic N) is 3. The Balaban J connectivity index is 2.11. The van der Waals surface area contributed by atoms with Crippen LogP contribution in [0.25, 0.3) is 5.69 Å². The summed E-state index contributed by atoms with van der Waals surface area (Å²) in [6.45, 7) is 7.64. The monoisotopic (exact) mass is 346 g/mol. The highest BCUT2D eigenvalue weighted by atomic mass is 19.1. The van der Waals surface area contributed by atoms with Gasteiger partial charge in [-0.15, -0.1) is 6.58 Å². The first-order valence-corrected chi connectivity index (χ1v) is 8.04. The van der Waals surface area contributed by atoms with Crippen molar-refractivity contribution in [3.63, 3.8) is 0 Å². The first-order chi connectivity index (χ1) is 12.0. The van der Waals surface area contributed by atoms with Crippen molar-refractivity contribution in [3.05, 3.63) is 60.2 Å². The Kier molecular flexibility index (Phi) is 6.30. The Labute approximate surface area is 146 Å². The van der Waals surface area contributed by atoms with E-state index in [0.717, 1.165) is 5.56 Å². The van der Waals surface area contributed by atoms with E-state index < -0.39 is 5.82 Å². The summed E-state index contributed by atoms with van der Waals surface area (Å²) in [4.78, 5) is 13.7. The van der Waals surface area contributed by atoms with Crippen LogP contribution in [-0.4, -0.2) is 45.5 Å². The molecule has 134 valence electrons. The number of aliphatic hydroxyl groups is 1. The van der Waals surface area contributed by atoms with Crippen LogP contribution >= 0.6 is 0 Å². The van der Waals surface area contributed by atoms with Crippen molar-refractivity contribution in [1.29, 1.82) is 0 Å². The average Bonchev–Trinajstić information content (AvgIpc) is 3.00. The zero-order valence-corrected chi connectivity index (χ0v) is 14.4. The van der Waals surface area contributed by atoms with Gasteiger partial charge in [0.1, 0.15) is 11.5 Å². The third kappa shape index (κ3) is 4.67. The summed E-state index contributed by atoms with van der Waals surface area (Å²) in [6, 6.07) is 4.05. The van der Waals surface area contributed by atoms with Gasteiger partial charge >= 0.3 is 6.03 Å². The number of aromatic nitrogens is 2. The van der Waals surface area contributed by atoms with Gasteiger partial charge in [-0.05, 0) is 37.1 Å². The number of aliphatic hydroxyl groups excluding tert-OH is 1. The fourth-order valence-electron chi connectivity index (χ4n) is 2.43. The third-order valence-electron chi connectivity index (χ3n) is 3.78. The highest BCUT2D eigenvalue weighted by Gasteiger charge is 2.16. The van der Waals surface area contributed by atoms with E-state index in [1.165, 1.54) is 15.6 Å². The second kappa shape index (κ2) is 8.43. The summed E-state index contributed by atoms with van der Waals surface area (Å²) < 4.78 is 15.9. The van der Waals surface area contributed by atoms with Crippen molar-refractivity contribution >= 4 is 6.03 Å². The Hall–Kier alpha value is -2.67. The zero-order valence-electron chi connectivity index (χ0n) is 14.4. The molecular weight excluding hydrogens is 323 g/mol. The predicted octanol–water partition coefficient (Wildman–Crippen LogP) is 2.57. The molecule has 0 aliphatic heterocycles. The molecule has 25 heavy (non-hydrogen) atoms. The molecule has 0 radical (unpaired) electrons. The molecule has 0 spiro atoms. The van der Waals surface area contributed by atoms with Crippen molar-refractivity contribution in [2.45, 2.75) is 19.9 Å².